The Morgan fingerprint density at radius 3 is 2.60 bits per heavy atom. The Morgan fingerprint density at radius 2 is 1.85 bits per heavy atom. The quantitative estimate of drug-likeness (QED) is 0.624. The van der Waals surface area contributed by atoms with Gasteiger partial charge >= 0.3 is 5.69 Å². The number of aromatic amines is 3. The highest BCUT2D eigenvalue weighted by Crippen LogP contribution is 2.26. The summed E-state index contributed by atoms with van der Waals surface area (Å²) in [6.07, 6.45) is 0. The summed E-state index contributed by atoms with van der Waals surface area (Å²) in [4.78, 5) is 33.3. The molecule has 102 valence electrons. The summed E-state index contributed by atoms with van der Waals surface area (Å²) in [6, 6.07) is 2.40. The van der Waals surface area contributed by atoms with Crippen molar-refractivity contribution in [1.82, 2.24) is 19.9 Å². The van der Waals surface area contributed by atoms with Crippen LogP contribution in [0.25, 0.3) is 22.6 Å². The Morgan fingerprint density at radius 1 is 1.10 bits per heavy atom. The molecule has 0 saturated carbocycles. The van der Waals surface area contributed by atoms with Crippen LogP contribution in [0.2, 0.25) is 0 Å². The Balaban J connectivity index is 2.37. The SMILES string of the molecule is Cc1ccc(F)c(-c2nc3[nH]c(=O)[nH]c(=O)c3[nH]2)c1F. The highest BCUT2D eigenvalue weighted by atomic mass is 19.1. The number of nitrogens with one attached hydrogen (secondary N) is 3. The molecule has 0 radical (unpaired) electrons. The number of aromatic nitrogens is 4. The zero-order valence-corrected chi connectivity index (χ0v) is 10.2. The van der Waals surface area contributed by atoms with Gasteiger partial charge in [0, 0.05) is 0 Å². The average Bonchev–Trinajstić information content (AvgIpc) is 2.78. The number of benzene rings is 1. The van der Waals surface area contributed by atoms with Crippen molar-refractivity contribution in [3.8, 4) is 11.4 Å². The van der Waals surface area contributed by atoms with E-state index in [-0.39, 0.29) is 28.1 Å². The topological polar surface area (TPSA) is 94.4 Å². The highest BCUT2D eigenvalue weighted by molar-refractivity contribution is 5.75. The van der Waals surface area contributed by atoms with E-state index < -0.39 is 22.9 Å². The summed E-state index contributed by atoms with van der Waals surface area (Å²) in [5.41, 5.74) is -1.71. The van der Waals surface area contributed by atoms with E-state index in [0.29, 0.717) is 0 Å². The Kier molecular flexibility index (Phi) is 2.53. The lowest BCUT2D eigenvalue weighted by Crippen LogP contribution is -2.21. The predicted molar refractivity (Wildman–Crippen MR) is 67.4 cm³/mol. The maximum Gasteiger partial charge on any atom is 0.327 e. The van der Waals surface area contributed by atoms with Gasteiger partial charge in [-0.3, -0.25) is 14.8 Å². The lowest BCUT2D eigenvalue weighted by atomic mass is 10.1. The highest BCUT2D eigenvalue weighted by Gasteiger charge is 2.18. The second-order valence-electron chi connectivity index (χ2n) is 4.27. The third kappa shape index (κ3) is 1.73. The second-order valence-corrected chi connectivity index (χ2v) is 4.27. The van der Waals surface area contributed by atoms with E-state index in [4.69, 9.17) is 0 Å². The van der Waals surface area contributed by atoms with Gasteiger partial charge < -0.3 is 4.98 Å². The summed E-state index contributed by atoms with van der Waals surface area (Å²) >= 11 is 0. The number of halogens is 2. The molecule has 20 heavy (non-hydrogen) atoms. The first kappa shape index (κ1) is 12.3. The summed E-state index contributed by atoms with van der Waals surface area (Å²) < 4.78 is 27.8. The van der Waals surface area contributed by atoms with Gasteiger partial charge in [-0.1, -0.05) is 6.07 Å². The van der Waals surface area contributed by atoms with Crippen LogP contribution in [0.5, 0.6) is 0 Å². The molecule has 3 aromatic rings. The van der Waals surface area contributed by atoms with Crippen LogP contribution in [0.3, 0.4) is 0 Å². The van der Waals surface area contributed by atoms with Crippen molar-refractivity contribution in [3.63, 3.8) is 0 Å². The van der Waals surface area contributed by atoms with Crippen LogP contribution in [-0.4, -0.2) is 19.9 Å². The van der Waals surface area contributed by atoms with Crippen LogP contribution in [0.1, 0.15) is 5.56 Å². The number of fused-ring (bicyclic) bond motifs is 1. The molecule has 3 rings (SSSR count). The van der Waals surface area contributed by atoms with Gasteiger partial charge in [0.1, 0.15) is 23.0 Å². The van der Waals surface area contributed by atoms with Gasteiger partial charge in [-0.25, -0.2) is 18.6 Å². The zero-order valence-electron chi connectivity index (χ0n) is 10.2. The molecule has 0 unspecified atom stereocenters. The minimum Gasteiger partial charge on any atom is -0.332 e. The normalized spacial score (nSPS) is 11.2. The lowest BCUT2D eigenvalue weighted by Gasteiger charge is -2.03. The summed E-state index contributed by atoms with van der Waals surface area (Å²) in [6.45, 7) is 1.48. The first-order chi connectivity index (χ1) is 9.47. The van der Waals surface area contributed by atoms with E-state index in [2.05, 4.69) is 15.0 Å². The first-order valence-electron chi connectivity index (χ1n) is 5.64. The molecule has 2 heterocycles. The van der Waals surface area contributed by atoms with Gasteiger partial charge in [0.25, 0.3) is 5.56 Å². The van der Waals surface area contributed by atoms with Crippen molar-refractivity contribution in [1.29, 1.82) is 0 Å². The summed E-state index contributed by atoms with van der Waals surface area (Å²) in [5.74, 6) is -1.75. The van der Waals surface area contributed by atoms with E-state index in [9.17, 15) is 18.4 Å². The third-order valence-corrected chi connectivity index (χ3v) is 2.91. The third-order valence-electron chi connectivity index (χ3n) is 2.91. The molecule has 0 bridgehead atoms. The predicted octanol–water partition coefficient (Wildman–Crippen LogP) is 1.19. The van der Waals surface area contributed by atoms with E-state index >= 15 is 0 Å². The Hall–Kier alpha value is -2.77. The molecule has 8 heteroatoms. The Labute approximate surface area is 109 Å². The lowest BCUT2D eigenvalue weighted by molar-refractivity contribution is 0.582. The maximum absolute atomic E-state index is 14.0. The number of aryl methyl sites for hydroxylation is 1. The fraction of sp³-hybridized carbons (Fsp3) is 0.0833. The minimum absolute atomic E-state index is 0.0556. The Bertz CT molecular complexity index is 939. The van der Waals surface area contributed by atoms with Crippen molar-refractivity contribution in [2.75, 3.05) is 0 Å². The van der Waals surface area contributed by atoms with Gasteiger partial charge in [0.2, 0.25) is 0 Å². The van der Waals surface area contributed by atoms with Gasteiger partial charge in [-0.05, 0) is 18.6 Å². The molecule has 0 saturated heterocycles. The largest absolute Gasteiger partial charge is 0.332 e. The number of nitrogens with zero attached hydrogens (tertiary/aromatic N) is 1. The van der Waals surface area contributed by atoms with Crippen LogP contribution in [-0.2, 0) is 0 Å². The average molecular weight is 278 g/mol. The van der Waals surface area contributed by atoms with E-state index in [1.54, 1.807) is 0 Å². The number of rotatable bonds is 1. The summed E-state index contributed by atoms with van der Waals surface area (Å²) in [5, 5.41) is 0. The van der Waals surface area contributed by atoms with Crippen LogP contribution in [0.15, 0.2) is 21.7 Å². The molecular formula is C12H8F2N4O2. The van der Waals surface area contributed by atoms with E-state index in [1.807, 2.05) is 4.98 Å². The number of hydrogen-bond acceptors (Lipinski definition) is 3. The monoisotopic (exact) mass is 278 g/mol. The number of imidazole rings is 1. The van der Waals surface area contributed by atoms with Crippen molar-refractivity contribution in [3.05, 3.63) is 50.2 Å². The molecule has 0 amide bonds. The van der Waals surface area contributed by atoms with Gasteiger partial charge in [0.15, 0.2) is 5.65 Å². The minimum atomic E-state index is -0.814. The molecule has 6 nitrogen and oxygen atoms in total. The van der Waals surface area contributed by atoms with E-state index in [1.165, 1.54) is 13.0 Å². The first-order valence-corrected chi connectivity index (χ1v) is 5.64. The van der Waals surface area contributed by atoms with Crippen LogP contribution in [0.4, 0.5) is 8.78 Å². The standard InChI is InChI=1S/C12H8F2N4O2/c1-4-2-3-5(13)6(7(4)14)9-15-8-10(16-9)17-12(20)18-11(8)19/h2-3H,1H3,(H3,15,16,17,18,19,20). The molecule has 2 aromatic heterocycles. The molecule has 0 aliphatic heterocycles. The fourth-order valence-corrected chi connectivity index (χ4v) is 1.92. The van der Waals surface area contributed by atoms with E-state index in [0.717, 1.165) is 6.07 Å². The smallest absolute Gasteiger partial charge is 0.327 e. The summed E-state index contributed by atoms with van der Waals surface area (Å²) in [7, 11) is 0. The molecule has 1 aromatic carbocycles. The second kappa shape index (κ2) is 4.12. The van der Waals surface area contributed by atoms with Crippen molar-refractivity contribution >= 4 is 11.2 Å². The van der Waals surface area contributed by atoms with Crippen LogP contribution in [0, 0.1) is 18.6 Å². The van der Waals surface area contributed by atoms with Crippen LogP contribution >= 0.6 is 0 Å². The molecule has 0 aliphatic carbocycles. The molecular weight excluding hydrogens is 270 g/mol. The van der Waals surface area contributed by atoms with Crippen molar-refractivity contribution < 1.29 is 8.78 Å². The zero-order chi connectivity index (χ0) is 14.4. The van der Waals surface area contributed by atoms with Gasteiger partial charge in [0.05, 0.1) is 5.56 Å². The van der Waals surface area contributed by atoms with Crippen molar-refractivity contribution in [2.45, 2.75) is 6.92 Å². The molecule has 0 aliphatic rings. The van der Waals surface area contributed by atoms with Gasteiger partial charge in [-0.15, -0.1) is 0 Å². The van der Waals surface area contributed by atoms with Crippen LogP contribution < -0.4 is 11.2 Å². The molecule has 0 atom stereocenters. The molecule has 3 N–H and O–H groups in total. The molecule has 0 fully saturated rings. The fourth-order valence-electron chi connectivity index (χ4n) is 1.92. The number of H-pyrrole nitrogens is 3. The maximum atomic E-state index is 14.0. The van der Waals surface area contributed by atoms with Gasteiger partial charge in [-0.2, -0.15) is 0 Å². The van der Waals surface area contributed by atoms with Crippen molar-refractivity contribution in [2.24, 2.45) is 0 Å². The number of hydrogen-bond donors (Lipinski definition) is 3. The molecule has 0 spiro atoms.